The molecule has 0 aromatic heterocycles. The summed E-state index contributed by atoms with van der Waals surface area (Å²) in [7, 11) is 0. The number of rotatable bonds is 4. The average Bonchev–Trinajstić information content (AvgIpc) is 2.65. The normalized spacial score (nSPS) is 29.5. The molecule has 4 rings (SSSR count). The van der Waals surface area contributed by atoms with Crippen LogP contribution in [0.25, 0.3) is 0 Å². The molecule has 2 bridgehead atoms. The molecule has 4 nitrogen and oxygen atoms in total. The number of hydrogen-bond donors (Lipinski definition) is 1. The standard InChI is InChI=1S/C22H32N2O2.ClH/c1-2-10-26-20-7-6-18-14-24(9-8-15(18)13-20)22(25)19-11-16-4-3-5-17(12-19)21(16)23;/h6-7,13,16-17,19,21H,2-5,8-12,14,23H2,1H3;1H. The molecule has 5 heteroatoms. The van der Waals surface area contributed by atoms with Crippen molar-refractivity contribution in [3.05, 3.63) is 29.3 Å². The number of halogens is 1. The number of carbonyl (C=O) groups excluding carboxylic acids is 1. The van der Waals surface area contributed by atoms with Gasteiger partial charge in [-0.3, -0.25) is 4.79 Å². The molecular weight excluding hydrogens is 360 g/mol. The summed E-state index contributed by atoms with van der Waals surface area (Å²) in [6, 6.07) is 6.69. The summed E-state index contributed by atoms with van der Waals surface area (Å²) in [4.78, 5) is 15.3. The molecule has 0 radical (unpaired) electrons. The minimum absolute atomic E-state index is 0. The molecule has 150 valence electrons. The number of carbonyl (C=O) groups is 1. The van der Waals surface area contributed by atoms with E-state index in [-0.39, 0.29) is 18.3 Å². The highest BCUT2D eigenvalue weighted by Gasteiger charge is 2.41. The summed E-state index contributed by atoms with van der Waals surface area (Å²) in [5.74, 6) is 2.64. The fraction of sp³-hybridized carbons (Fsp3) is 0.682. The number of benzene rings is 1. The largest absolute Gasteiger partial charge is 0.494 e. The molecule has 2 atom stereocenters. The number of nitrogens with zero attached hydrogens (tertiary/aromatic N) is 1. The molecule has 0 saturated heterocycles. The summed E-state index contributed by atoms with van der Waals surface area (Å²) in [5.41, 5.74) is 9.02. The van der Waals surface area contributed by atoms with E-state index in [1.54, 1.807) is 0 Å². The van der Waals surface area contributed by atoms with E-state index in [2.05, 4.69) is 24.0 Å². The molecule has 0 spiro atoms. The van der Waals surface area contributed by atoms with E-state index < -0.39 is 0 Å². The van der Waals surface area contributed by atoms with Crippen molar-refractivity contribution < 1.29 is 9.53 Å². The van der Waals surface area contributed by atoms with E-state index in [9.17, 15) is 4.79 Å². The molecule has 27 heavy (non-hydrogen) atoms. The number of amides is 1. The predicted molar refractivity (Wildman–Crippen MR) is 110 cm³/mol. The number of hydrogen-bond acceptors (Lipinski definition) is 3. The lowest BCUT2D eigenvalue weighted by molar-refractivity contribution is -0.139. The second-order valence-corrected chi connectivity index (χ2v) is 8.49. The summed E-state index contributed by atoms with van der Waals surface area (Å²) in [6.45, 7) is 4.46. The van der Waals surface area contributed by atoms with Crippen LogP contribution in [0.2, 0.25) is 0 Å². The first kappa shape index (κ1) is 20.5. The third-order valence-electron chi connectivity index (χ3n) is 6.74. The van der Waals surface area contributed by atoms with Crippen LogP contribution in [0.1, 0.15) is 56.6 Å². The fourth-order valence-electron chi connectivity index (χ4n) is 5.28. The first-order valence-corrected chi connectivity index (χ1v) is 10.4. The highest BCUT2D eigenvalue weighted by molar-refractivity contribution is 5.85. The first-order valence-electron chi connectivity index (χ1n) is 10.4. The average molecular weight is 393 g/mol. The Hall–Kier alpha value is -1.26. The maximum atomic E-state index is 13.2. The van der Waals surface area contributed by atoms with Gasteiger partial charge in [0.1, 0.15) is 5.75 Å². The van der Waals surface area contributed by atoms with Crippen LogP contribution in [0, 0.1) is 17.8 Å². The highest BCUT2D eigenvalue weighted by Crippen LogP contribution is 2.42. The van der Waals surface area contributed by atoms with Crippen molar-refractivity contribution in [2.75, 3.05) is 13.2 Å². The lowest BCUT2D eigenvalue weighted by Crippen LogP contribution is -2.50. The van der Waals surface area contributed by atoms with Crippen LogP contribution < -0.4 is 10.5 Å². The van der Waals surface area contributed by atoms with Crippen LogP contribution in [-0.4, -0.2) is 30.0 Å². The molecule has 2 saturated carbocycles. The maximum absolute atomic E-state index is 13.2. The van der Waals surface area contributed by atoms with Gasteiger partial charge in [-0.15, -0.1) is 12.4 Å². The van der Waals surface area contributed by atoms with Crippen LogP contribution in [0.4, 0.5) is 0 Å². The number of ether oxygens (including phenoxy) is 1. The van der Waals surface area contributed by atoms with Gasteiger partial charge in [-0.1, -0.05) is 19.4 Å². The van der Waals surface area contributed by atoms with Gasteiger partial charge in [0.2, 0.25) is 5.91 Å². The van der Waals surface area contributed by atoms with Crippen LogP contribution in [0.5, 0.6) is 5.75 Å². The van der Waals surface area contributed by atoms with Gasteiger partial charge in [0.25, 0.3) is 0 Å². The van der Waals surface area contributed by atoms with Crippen molar-refractivity contribution in [2.45, 2.75) is 64.5 Å². The van der Waals surface area contributed by atoms with E-state index >= 15 is 0 Å². The molecule has 2 N–H and O–H groups in total. The van der Waals surface area contributed by atoms with Gasteiger partial charge in [0.05, 0.1) is 6.61 Å². The van der Waals surface area contributed by atoms with Gasteiger partial charge < -0.3 is 15.4 Å². The third-order valence-corrected chi connectivity index (χ3v) is 6.74. The Morgan fingerprint density at radius 1 is 1.22 bits per heavy atom. The minimum atomic E-state index is 0. The Morgan fingerprint density at radius 3 is 2.67 bits per heavy atom. The predicted octanol–water partition coefficient (Wildman–Crippen LogP) is 3.94. The van der Waals surface area contributed by atoms with Gasteiger partial charge in [0.15, 0.2) is 0 Å². The zero-order valence-electron chi connectivity index (χ0n) is 16.4. The van der Waals surface area contributed by atoms with Gasteiger partial charge in [0, 0.05) is 25.0 Å². The Balaban J connectivity index is 0.00000210. The third kappa shape index (κ3) is 4.27. The second-order valence-electron chi connectivity index (χ2n) is 8.49. The number of nitrogens with two attached hydrogens (primary N) is 1. The zero-order valence-corrected chi connectivity index (χ0v) is 17.2. The van der Waals surface area contributed by atoms with Gasteiger partial charge in [-0.2, -0.15) is 0 Å². The Kier molecular flexibility index (Phi) is 6.69. The van der Waals surface area contributed by atoms with E-state index in [0.717, 1.165) is 51.1 Å². The molecule has 3 aliphatic rings. The highest BCUT2D eigenvalue weighted by atomic mass is 35.5. The quantitative estimate of drug-likeness (QED) is 0.844. The molecule has 1 aromatic carbocycles. The molecule has 1 aromatic rings. The van der Waals surface area contributed by atoms with E-state index in [1.165, 1.54) is 30.4 Å². The smallest absolute Gasteiger partial charge is 0.226 e. The van der Waals surface area contributed by atoms with Gasteiger partial charge in [-0.25, -0.2) is 0 Å². The summed E-state index contributed by atoms with van der Waals surface area (Å²) in [5, 5.41) is 0. The van der Waals surface area contributed by atoms with Crippen LogP contribution in [0.3, 0.4) is 0 Å². The molecule has 1 amide bonds. The molecular formula is C22H33ClN2O2. The maximum Gasteiger partial charge on any atom is 0.226 e. The van der Waals surface area contributed by atoms with Crippen molar-refractivity contribution in [1.82, 2.24) is 4.90 Å². The topological polar surface area (TPSA) is 55.6 Å². The minimum Gasteiger partial charge on any atom is -0.494 e. The lowest BCUT2D eigenvalue weighted by Gasteiger charge is -2.45. The zero-order chi connectivity index (χ0) is 18.1. The lowest BCUT2D eigenvalue weighted by atomic mass is 9.65. The summed E-state index contributed by atoms with van der Waals surface area (Å²) < 4.78 is 5.75. The van der Waals surface area contributed by atoms with Crippen molar-refractivity contribution >= 4 is 18.3 Å². The van der Waals surface area contributed by atoms with Crippen LogP contribution in [0.15, 0.2) is 18.2 Å². The molecule has 2 unspecified atom stereocenters. The van der Waals surface area contributed by atoms with E-state index in [1.807, 2.05) is 6.07 Å². The summed E-state index contributed by atoms with van der Waals surface area (Å²) >= 11 is 0. The van der Waals surface area contributed by atoms with Crippen molar-refractivity contribution in [2.24, 2.45) is 23.5 Å². The Labute approximate surface area is 169 Å². The van der Waals surface area contributed by atoms with Crippen molar-refractivity contribution in [1.29, 1.82) is 0 Å². The van der Waals surface area contributed by atoms with Gasteiger partial charge >= 0.3 is 0 Å². The summed E-state index contributed by atoms with van der Waals surface area (Å²) in [6.07, 6.45) is 7.68. The molecule has 2 fully saturated rings. The van der Waals surface area contributed by atoms with E-state index in [4.69, 9.17) is 10.5 Å². The van der Waals surface area contributed by atoms with Crippen molar-refractivity contribution in [3.8, 4) is 5.75 Å². The monoisotopic (exact) mass is 392 g/mol. The van der Waals surface area contributed by atoms with E-state index in [0.29, 0.717) is 23.8 Å². The Morgan fingerprint density at radius 2 is 1.96 bits per heavy atom. The van der Waals surface area contributed by atoms with Crippen molar-refractivity contribution in [3.63, 3.8) is 0 Å². The Bertz CT molecular complexity index is 652. The van der Waals surface area contributed by atoms with Crippen LogP contribution >= 0.6 is 12.4 Å². The molecule has 1 heterocycles. The second kappa shape index (κ2) is 8.83. The molecule has 2 aliphatic carbocycles. The fourth-order valence-corrected chi connectivity index (χ4v) is 5.28. The molecule has 1 aliphatic heterocycles. The number of fused-ring (bicyclic) bond motifs is 3. The first-order chi connectivity index (χ1) is 12.7. The van der Waals surface area contributed by atoms with Crippen LogP contribution in [-0.2, 0) is 17.8 Å². The SMILES string of the molecule is CCCOc1ccc2c(c1)CCN(C(=O)C1CC3CCCC(C1)C3N)C2.Cl. The van der Waals surface area contributed by atoms with Gasteiger partial charge in [-0.05, 0) is 73.6 Å².